The topological polar surface area (TPSA) is 114 Å². The Balaban J connectivity index is 1.17. The number of anilines is 3. The quantitative estimate of drug-likeness (QED) is 0.0874. The number of aromatic nitrogens is 1. The van der Waals surface area contributed by atoms with Crippen LogP contribution in [0.25, 0.3) is 11.3 Å². The first-order valence-corrected chi connectivity index (χ1v) is 16.6. The molecule has 0 unspecified atom stereocenters. The van der Waals surface area contributed by atoms with Crippen molar-refractivity contribution in [3.05, 3.63) is 116 Å². The number of carbonyl (C=O) groups is 2. The van der Waals surface area contributed by atoms with Crippen molar-refractivity contribution in [3.63, 3.8) is 0 Å². The van der Waals surface area contributed by atoms with Crippen LogP contribution in [0, 0.1) is 13.8 Å². The molecular formula is C35H31BrClN5O4S. The van der Waals surface area contributed by atoms with Gasteiger partial charge in [-0.2, -0.15) is 5.10 Å². The van der Waals surface area contributed by atoms with Gasteiger partial charge in [-0.05, 0) is 102 Å². The van der Waals surface area contributed by atoms with Crippen molar-refractivity contribution >= 4 is 73.4 Å². The number of nitrogens with one attached hydrogen (secondary N) is 3. The van der Waals surface area contributed by atoms with Gasteiger partial charge < -0.3 is 20.1 Å². The number of thiazole rings is 1. The molecule has 0 fully saturated rings. The van der Waals surface area contributed by atoms with E-state index in [1.165, 1.54) is 17.6 Å². The smallest absolute Gasteiger partial charge is 0.271 e. The molecule has 0 aliphatic rings. The van der Waals surface area contributed by atoms with Crippen molar-refractivity contribution in [3.8, 4) is 22.8 Å². The van der Waals surface area contributed by atoms with Gasteiger partial charge in [0.25, 0.3) is 11.8 Å². The van der Waals surface area contributed by atoms with E-state index in [4.69, 9.17) is 21.1 Å². The standard InChI is InChI=1S/C35H31BrClN5O4S/c1-4-45-31-17-23(16-28(36)33(31)46-19-32(43)40-29-14-5-21(2)15-22(29)3)18-38-42-34(44)25-8-6-24(7-9-25)30-20-47-35(41-30)39-27-12-10-26(37)11-13-27/h5-18,20H,4,19H2,1-3H3,(H,39,41)(H,40,43)(H,42,44)/b38-18-. The van der Waals surface area contributed by atoms with Gasteiger partial charge >= 0.3 is 0 Å². The summed E-state index contributed by atoms with van der Waals surface area (Å²) in [5.74, 6) is 0.153. The number of hydrogen-bond acceptors (Lipinski definition) is 8. The molecular weight excluding hydrogens is 702 g/mol. The predicted molar refractivity (Wildman–Crippen MR) is 193 cm³/mol. The van der Waals surface area contributed by atoms with Crippen LogP contribution in [-0.2, 0) is 4.79 Å². The molecule has 5 rings (SSSR count). The highest BCUT2D eigenvalue weighted by atomic mass is 79.9. The highest BCUT2D eigenvalue weighted by Crippen LogP contribution is 2.37. The highest BCUT2D eigenvalue weighted by molar-refractivity contribution is 9.10. The van der Waals surface area contributed by atoms with Gasteiger partial charge in [-0.25, -0.2) is 10.4 Å². The summed E-state index contributed by atoms with van der Waals surface area (Å²) < 4.78 is 12.2. The third-order valence-electron chi connectivity index (χ3n) is 6.76. The molecule has 0 saturated heterocycles. The van der Waals surface area contributed by atoms with E-state index < -0.39 is 0 Å². The summed E-state index contributed by atoms with van der Waals surface area (Å²) in [6.07, 6.45) is 1.50. The fourth-order valence-corrected chi connectivity index (χ4v) is 5.93. The first-order valence-electron chi connectivity index (χ1n) is 14.6. The number of ether oxygens (including phenoxy) is 2. The molecule has 0 aliphatic carbocycles. The fraction of sp³-hybridized carbons (Fsp3) is 0.143. The van der Waals surface area contributed by atoms with Crippen LogP contribution in [0.4, 0.5) is 16.5 Å². The van der Waals surface area contributed by atoms with Crippen molar-refractivity contribution in [1.82, 2.24) is 10.4 Å². The van der Waals surface area contributed by atoms with Gasteiger partial charge in [0.1, 0.15) is 0 Å². The van der Waals surface area contributed by atoms with Crippen LogP contribution in [0.15, 0.2) is 93.8 Å². The Morgan fingerprint density at radius 3 is 2.49 bits per heavy atom. The summed E-state index contributed by atoms with van der Waals surface area (Å²) in [5.41, 5.74) is 9.03. The van der Waals surface area contributed by atoms with E-state index in [1.807, 2.05) is 80.7 Å². The number of hydrazone groups is 1. The Kier molecular flexibility index (Phi) is 11.3. The normalized spacial score (nSPS) is 10.9. The average molecular weight is 733 g/mol. The molecule has 2 amide bonds. The lowest BCUT2D eigenvalue weighted by atomic mass is 10.1. The zero-order chi connectivity index (χ0) is 33.3. The zero-order valence-corrected chi connectivity index (χ0v) is 28.9. The van der Waals surface area contributed by atoms with Gasteiger partial charge in [-0.15, -0.1) is 11.3 Å². The number of carbonyl (C=O) groups excluding carboxylic acids is 2. The molecule has 4 aromatic carbocycles. The van der Waals surface area contributed by atoms with Gasteiger partial charge in [-0.3, -0.25) is 9.59 Å². The van der Waals surface area contributed by atoms with Crippen LogP contribution in [0.5, 0.6) is 11.5 Å². The van der Waals surface area contributed by atoms with Crippen LogP contribution >= 0.6 is 38.9 Å². The molecule has 0 bridgehead atoms. The van der Waals surface area contributed by atoms with Crippen molar-refractivity contribution in [2.75, 3.05) is 23.8 Å². The molecule has 5 aromatic rings. The molecule has 47 heavy (non-hydrogen) atoms. The molecule has 0 aliphatic heterocycles. The first kappa shape index (κ1) is 33.6. The summed E-state index contributed by atoms with van der Waals surface area (Å²) >= 11 is 11.0. The minimum Gasteiger partial charge on any atom is -0.490 e. The van der Waals surface area contributed by atoms with Gasteiger partial charge in [0.15, 0.2) is 23.2 Å². The van der Waals surface area contributed by atoms with Crippen LogP contribution < -0.4 is 25.5 Å². The lowest BCUT2D eigenvalue weighted by Crippen LogP contribution is -2.21. The zero-order valence-electron chi connectivity index (χ0n) is 25.8. The first-order chi connectivity index (χ1) is 22.7. The average Bonchev–Trinajstić information content (AvgIpc) is 3.52. The highest BCUT2D eigenvalue weighted by Gasteiger charge is 2.15. The maximum Gasteiger partial charge on any atom is 0.271 e. The predicted octanol–water partition coefficient (Wildman–Crippen LogP) is 8.77. The number of rotatable bonds is 12. The van der Waals surface area contributed by atoms with Crippen LogP contribution in [0.2, 0.25) is 5.02 Å². The molecule has 3 N–H and O–H groups in total. The lowest BCUT2D eigenvalue weighted by molar-refractivity contribution is -0.118. The Labute approximate surface area is 290 Å². The lowest BCUT2D eigenvalue weighted by Gasteiger charge is -2.15. The van der Waals surface area contributed by atoms with E-state index in [0.717, 1.165) is 38.9 Å². The number of nitrogens with zero attached hydrogens (tertiary/aromatic N) is 2. The molecule has 0 saturated carbocycles. The SMILES string of the molecule is CCOc1cc(/C=N\NC(=O)c2ccc(-c3csc(Nc4ccc(Cl)cc4)n3)cc2)cc(Br)c1OCC(=O)Nc1ccc(C)cc1C. The van der Waals surface area contributed by atoms with Crippen LogP contribution in [-0.4, -0.2) is 36.2 Å². The number of aryl methyl sites for hydroxylation is 2. The molecule has 1 heterocycles. The molecule has 0 spiro atoms. The Morgan fingerprint density at radius 2 is 1.77 bits per heavy atom. The van der Waals surface area contributed by atoms with Crippen LogP contribution in [0.3, 0.4) is 0 Å². The third kappa shape index (κ3) is 9.19. The van der Waals surface area contributed by atoms with Crippen molar-refractivity contribution in [2.24, 2.45) is 5.10 Å². The van der Waals surface area contributed by atoms with Crippen molar-refractivity contribution in [2.45, 2.75) is 20.8 Å². The minimum absolute atomic E-state index is 0.210. The maximum atomic E-state index is 12.8. The Morgan fingerprint density at radius 1 is 1.00 bits per heavy atom. The molecule has 1 aromatic heterocycles. The number of benzene rings is 4. The number of halogens is 2. The number of amides is 2. The van der Waals surface area contributed by atoms with E-state index in [1.54, 1.807) is 24.3 Å². The van der Waals surface area contributed by atoms with E-state index >= 15 is 0 Å². The largest absolute Gasteiger partial charge is 0.490 e. The Hall–Kier alpha value is -4.71. The summed E-state index contributed by atoms with van der Waals surface area (Å²) in [6, 6.07) is 23.8. The molecule has 240 valence electrons. The molecule has 0 atom stereocenters. The van der Waals surface area contributed by atoms with Gasteiger partial charge in [0.05, 0.1) is 23.0 Å². The summed E-state index contributed by atoms with van der Waals surface area (Å²) in [5, 5.41) is 13.6. The van der Waals surface area contributed by atoms with E-state index in [9.17, 15) is 9.59 Å². The van der Waals surface area contributed by atoms with E-state index in [-0.39, 0.29) is 18.4 Å². The monoisotopic (exact) mass is 731 g/mol. The molecule has 9 nitrogen and oxygen atoms in total. The van der Waals surface area contributed by atoms with Gasteiger partial charge in [0, 0.05) is 32.9 Å². The van der Waals surface area contributed by atoms with Crippen molar-refractivity contribution < 1.29 is 19.1 Å². The van der Waals surface area contributed by atoms with Gasteiger partial charge in [-0.1, -0.05) is 41.4 Å². The van der Waals surface area contributed by atoms with E-state index in [0.29, 0.717) is 38.7 Å². The second kappa shape index (κ2) is 15.7. The Bertz CT molecular complexity index is 1910. The second-order valence-electron chi connectivity index (χ2n) is 10.4. The van der Waals surface area contributed by atoms with E-state index in [2.05, 4.69) is 42.1 Å². The fourth-order valence-electron chi connectivity index (χ4n) is 4.49. The molecule has 0 radical (unpaired) electrons. The van der Waals surface area contributed by atoms with Crippen LogP contribution in [0.1, 0.15) is 34.0 Å². The summed E-state index contributed by atoms with van der Waals surface area (Å²) in [7, 11) is 0. The summed E-state index contributed by atoms with van der Waals surface area (Å²) in [6.45, 7) is 5.96. The summed E-state index contributed by atoms with van der Waals surface area (Å²) in [4.78, 5) is 30.0. The second-order valence-corrected chi connectivity index (χ2v) is 12.5. The third-order valence-corrected chi connectivity index (χ3v) is 8.36. The number of hydrogen-bond donors (Lipinski definition) is 3. The maximum absolute atomic E-state index is 12.8. The minimum atomic E-state index is -0.366. The van der Waals surface area contributed by atoms with Crippen molar-refractivity contribution in [1.29, 1.82) is 0 Å². The molecule has 12 heteroatoms. The van der Waals surface area contributed by atoms with Gasteiger partial charge in [0.2, 0.25) is 0 Å².